The third-order valence-electron chi connectivity index (χ3n) is 2.53. The molecule has 0 saturated heterocycles. The van der Waals surface area contributed by atoms with Crippen LogP contribution >= 0.6 is 0 Å². The van der Waals surface area contributed by atoms with Gasteiger partial charge in [0.05, 0.1) is 0 Å². The Morgan fingerprint density at radius 1 is 1.08 bits per heavy atom. The Hall–Kier alpha value is -0.465. The van der Waals surface area contributed by atoms with E-state index in [4.69, 9.17) is 5.11 Å². The summed E-state index contributed by atoms with van der Waals surface area (Å²) < 4.78 is 0. The number of carbonyl (C=O) groups is 1. The highest BCUT2D eigenvalue weighted by molar-refractivity contribution is 6.72. The van der Waals surface area contributed by atoms with E-state index in [1.165, 1.54) is 39.4 Å². The predicted molar refractivity (Wildman–Crippen MR) is 49.8 cm³/mol. The molecule has 0 aromatic carbocycles. The highest BCUT2D eigenvalue weighted by Crippen LogP contribution is 2.25. The molecule has 67 valence electrons. The Morgan fingerprint density at radius 2 is 1.58 bits per heavy atom. The molecular formula is C9H16BO2. The maximum atomic E-state index is 10.4. The molecule has 0 aliphatic heterocycles. The average molecular weight is 167 g/mol. The topological polar surface area (TPSA) is 37.3 Å². The molecule has 0 atom stereocenters. The van der Waals surface area contributed by atoms with Crippen LogP contribution in [0, 0.1) is 0 Å². The molecule has 1 aliphatic carbocycles. The number of hydrogen-bond donors (Lipinski definition) is 1. The molecule has 0 amide bonds. The summed E-state index contributed by atoms with van der Waals surface area (Å²) in [6.45, 7) is 0. The average Bonchev–Trinajstić information content (AvgIpc) is 1.93. The molecule has 0 spiro atoms. The van der Waals surface area contributed by atoms with Crippen LogP contribution in [0.25, 0.3) is 0 Å². The first-order valence-corrected chi connectivity index (χ1v) is 4.87. The molecule has 1 rings (SSSR count). The first-order valence-electron chi connectivity index (χ1n) is 4.87. The third-order valence-corrected chi connectivity index (χ3v) is 2.53. The molecule has 1 fully saturated rings. The van der Waals surface area contributed by atoms with Crippen molar-refractivity contribution in [1.82, 2.24) is 0 Å². The van der Waals surface area contributed by atoms with Crippen molar-refractivity contribution in [2.75, 3.05) is 0 Å². The van der Waals surface area contributed by atoms with Crippen molar-refractivity contribution in [2.45, 2.75) is 50.8 Å². The second kappa shape index (κ2) is 5.23. The maximum Gasteiger partial charge on any atom is 0.264 e. The van der Waals surface area contributed by atoms with Crippen LogP contribution in [0.2, 0.25) is 5.82 Å². The van der Waals surface area contributed by atoms with Crippen LogP contribution in [-0.2, 0) is 0 Å². The molecule has 1 saturated carbocycles. The fourth-order valence-electron chi connectivity index (χ4n) is 1.86. The molecule has 0 unspecified atom stereocenters. The van der Waals surface area contributed by atoms with Gasteiger partial charge in [-0.2, -0.15) is 0 Å². The zero-order chi connectivity index (χ0) is 8.81. The van der Waals surface area contributed by atoms with Gasteiger partial charge in [-0.25, -0.2) is 0 Å². The number of rotatable bonds is 2. The lowest BCUT2D eigenvalue weighted by Gasteiger charge is -2.16. The van der Waals surface area contributed by atoms with Crippen LogP contribution < -0.4 is 0 Å². The minimum absolute atomic E-state index is 0.336. The summed E-state index contributed by atoms with van der Waals surface area (Å²) in [6, 6.07) is 0. The Morgan fingerprint density at radius 3 is 2.08 bits per heavy atom. The lowest BCUT2D eigenvalue weighted by Crippen LogP contribution is -2.14. The summed E-state index contributed by atoms with van der Waals surface area (Å²) in [5.74, 6) is -0.414. The Balaban J connectivity index is 2.24. The molecule has 1 aliphatic rings. The smallest absolute Gasteiger partial charge is 0.264 e. The SMILES string of the molecule is O=C(O)[B]C1CCCCCCC1. The summed E-state index contributed by atoms with van der Waals surface area (Å²) in [5, 5.41) is 8.57. The Bertz CT molecular complexity index is 139. The fourth-order valence-corrected chi connectivity index (χ4v) is 1.86. The molecular weight excluding hydrogens is 151 g/mol. The van der Waals surface area contributed by atoms with Crippen molar-refractivity contribution in [3.05, 3.63) is 0 Å². The second-order valence-electron chi connectivity index (χ2n) is 3.61. The van der Waals surface area contributed by atoms with Gasteiger partial charge in [0.15, 0.2) is 0 Å². The maximum absolute atomic E-state index is 10.4. The lowest BCUT2D eigenvalue weighted by atomic mass is 9.60. The fraction of sp³-hybridized carbons (Fsp3) is 0.889. The van der Waals surface area contributed by atoms with E-state index in [0.29, 0.717) is 5.82 Å². The summed E-state index contributed by atoms with van der Waals surface area (Å²) in [4.78, 5) is 10.4. The van der Waals surface area contributed by atoms with E-state index in [0.717, 1.165) is 12.8 Å². The van der Waals surface area contributed by atoms with E-state index in [9.17, 15) is 4.79 Å². The van der Waals surface area contributed by atoms with E-state index in [1.807, 2.05) is 0 Å². The van der Waals surface area contributed by atoms with Gasteiger partial charge in [0.25, 0.3) is 7.28 Å². The zero-order valence-corrected chi connectivity index (χ0v) is 7.46. The monoisotopic (exact) mass is 167 g/mol. The highest BCUT2D eigenvalue weighted by Gasteiger charge is 2.16. The Labute approximate surface area is 74.6 Å². The largest absolute Gasteiger partial charge is 0.490 e. The summed E-state index contributed by atoms with van der Waals surface area (Å²) in [6.07, 6.45) is 8.45. The van der Waals surface area contributed by atoms with Crippen molar-refractivity contribution >= 4 is 13.1 Å². The molecule has 0 aromatic rings. The second-order valence-corrected chi connectivity index (χ2v) is 3.61. The van der Waals surface area contributed by atoms with Crippen molar-refractivity contribution in [3.8, 4) is 0 Å². The van der Waals surface area contributed by atoms with Gasteiger partial charge in [0.2, 0.25) is 5.87 Å². The minimum atomic E-state index is -0.749. The van der Waals surface area contributed by atoms with Crippen LogP contribution in [0.5, 0.6) is 0 Å². The van der Waals surface area contributed by atoms with Crippen LogP contribution in [0.15, 0.2) is 0 Å². The van der Waals surface area contributed by atoms with Crippen molar-refractivity contribution < 1.29 is 9.90 Å². The lowest BCUT2D eigenvalue weighted by molar-refractivity contribution is 0.219. The van der Waals surface area contributed by atoms with Crippen LogP contribution in [0.3, 0.4) is 0 Å². The van der Waals surface area contributed by atoms with Gasteiger partial charge in [0, 0.05) is 0 Å². The van der Waals surface area contributed by atoms with E-state index >= 15 is 0 Å². The number of hydrogen-bond acceptors (Lipinski definition) is 1. The van der Waals surface area contributed by atoms with Gasteiger partial charge < -0.3 is 5.11 Å². The van der Waals surface area contributed by atoms with Gasteiger partial charge in [-0.15, -0.1) is 0 Å². The van der Waals surface area contributed by atoms with E-state index in [-0.39, 0.29) is 0 Å². The first kappa shape index (κ1) is 9.62. The van der Waals surface area contributed by atoms with Gasteiger partial charge in [0.1, 0.15) is 0 Å². The predicted octanol–water partition coefficient (Wildman–Crippen LogP) is 2.90. The van der Waals surface area contributed by atoms with Crippen molar-refractivity contribution in [2.24, 2.45) is 0 Å². The summed E-state index contributed by atoms with van der Waals surface area (Å²) >= 11 is 0. The van der Waals surface area contributed by atoms with Crippen LogP contribution in [-0.4, -0.2) is 18.3 Å². The van der Waals surface area contributed by atoms with E-state index in [1.54, 1.807) is 0 Å². The quantitative estimate of drug-likeness (QED) is 0.642. The van der Waals surface area contributed by atoms with Crippen LogP contribution in [0.1, 0.15) is 44.9 Å². The molecule has 3 heteroatoms. The van der Waals surface area contributed by atoms with Crippen molar-refractivity contribution in [3.63, 3.8) is 0 Å². The third kappa shape index (κ3) is 3.79. The molecule has 1 radical (unpaired) electrons. The minimum Gasteiger partial charge on any atom is -0.490 e. The van der Waals surface area contributed by atoms with Crippen molar-refractivity contribution in [1.29, 1.82) is 0 Å². The molecule has 0 heterocycles. The molecule has 12 heavy (non-hydrogen) atoms. The molecule has 0 aromatic heterocycles. The van der Waals surface area contributed by atoms with Crippen LogP contribution in [0.4, 0.5) is 4.79 Å². The van der Waals surface area contributed by atoms with Gasteiger partial charge in [-0.1, -0.05) is 50.8 Å². The first-order chi connectivity index (χ1) is 5.79. The van der Waals surface area contributed by atoms with Gasteiger partial charge in [-0.3, -0.25) is 4.79 Å². The van der Waals surface area contributed by atoms with Gasteiger partial charge >= 0.3 is 0 Å². The summed E-state index contributed by atoms with van der Waals surface area (Å²) in [5.41, 5.74) is 0. The summed E-state index contributed by atoms with van der Waals surface area (Å²) in [7, 11) is 1.48. The molecule has 0 bridgehead atoms. The molecule has 1 N–H and O–H groups in total. The standard InChI is InChI=1S/C9H16BO2/c11-9(12)10-8-6-4-2-1-3-5-7-8/h8H,1-7H2,(H,11,12). The number of carboxylic acid groups (broad SMARTS) is 1. The zero-order valence-electron chi connectivity index (χ0n) is 7.46. The Kier molecular flexibility index (Phi) is 4.19. The normalized spacial score (nSPS) is 21.0. The van der Waals surface area contributed by atoms with Gasteiger partial charge in [-0.05, 0) is 0 Å². The van der Waals surface area contributed by atoms with E-state index < -0.39 is 5.87 Å². The van der Waals surface area contributed by atoms with E-state index in [2.05, 4.69) is 0 Å². The highest BCUT2D eigenvalue weighted by atomic mass is 16.4. The molecule has 2 nitrogen and oxygen atoms in total.